The molecule has 1 amide bonds. The molecule has 0 spiro atoms. The molecular weight excluding hydrogens is 260 g/mol. The van der Waals surface area contributed by atoms with Crippen molar-refractivity contribution in [3.05, 3.63) is 35.4 Å². The number of carbonyl (C=O) groups excluding carboxylic acids is 1. The molecule has 2 aliphatic rings. The lowest BCUT2D eigenvalue weighted by Gasteiger charge is -2.26. The largest absolute Gasteiger partial charge is 0.352 e. The van der Waals surface area contributed by atoms with Crippen molar-refractivity contribution in [2.45, 2.75) is 45.7 Å². The van der Waals surface area contributed by atoms with Crippen LogP contribution in [0.2, 0.25) is 0 Å². The second-order valence-corrected chi connectivity index (χ2v) is 6.69. The van der Waals surface area contributed by atoms with Gasteiger partial charge in [-0.1, -0.05) is 37.6 Å². The number of hydrogen-bond acceptors (Lipinski definition) is 2. The molecule has 2 atom stereocenters. The molecule has 1 heterocycles. The lowest BCUT2D eigenvalue weighted by molar-refractivity contribution is -0.122. The van der Waals surface area contributed by atoms with Crippen LogP contribution in [0.1, 0.15) is 43.7 Å². The molecule has 1 N–H and O–H groups in total. The zero-order valence-corrected chi connectivity index (χ0v) is 13.0. The number of nitrogens with zero attached hydrogens (tertiary/aromatic N) is 1. The maximum Gasteiger partial charge on any atom is 0.223 e. The fourth-order valence-electron chi connectivity index (χ4n) is 3.15. The molecule has 1 aromatic rings. The molecule has 2 fully saturated rings. The predicted molar refractivity (Wildman–Crippen MR) is 84.7 cm³/mol. The monoisotopic (exact) mass is 286 g/mol. The lowest BCUT2D eigenvalue weighted by atomic mass is 10.1. The highest BCUT2D eigenvalue weighted by Crippen LogP contribution is 2.37. The van der Waals surface area contributed by atoms with Crippen molar-refractivity contribution in [2.75, 3.05) is 13.1 Å². The topological polar surface area (TPSA) is 32.3 Å². The van der Waals surface area contributed by atoms with Crippen LogP contribution in [0.5, 0.6) is 0 Å². The Hall–Kier alpha value is -1.35. The number of piperidine rings is 1. The first kappa shape index (κ1) is 14.6. The van der Waals surface area contributed by atoms with Crippen molar-refractivity contribution in [3.63, 3.8) is 0 Å². The Morgan fingerprint density at radius 2 is 1.76 bits per heavy atom. The molecule has 1 aliphatic carbocycles. The highest BCUT2D eigenvalue weighted by Gasteiger charge is 2.38. The minimum atomic E-state index is 0.222. The minimum absolute atomic E-state index is 0.222. The molecule has 3 rings (SSSR count). The van der Waals surface area contributed by atoms with Gasteiger partial charge >= 0.3 is 0 Å². The van der Waals surface area contributed by atoms with Gasteiger partial charge in [-0.2, -0.15) is 0 Å². The molecule has 0 unspecified atom stereocenters. The van der Waals surface area contributed by atoms with Crippen LogP contribution in [0.25, 0.3) is 0 Å². The van der Waals surface area contributed by atoms with Crippen molar-refractivity contribution in [3.8, 4) is 0 Å². The van der Waals surface area contributed by atoms with Crippen molar-refractivity contribution in [1.82, 2.24) is 10.2 Å². The maximum absolute atomic E-state index is 11.8. The molecular formula is C18H26N2O. The molecule has 1 saturated carbocycles. The second-order valence-electron chi connectivity index (χ2n) is 6.69. The van der Waals surface area contributed by atoms with E-state index in [4.69, 9.17) is 0 Å². The molecule has 1 aromatic carbocycles. The van der Waals surface area contributed by atoms with Gasteiger partial charge in [0.1, 0.15) is 0 Å². The lowest BCUT2D eigenvalue weighted by Crippen LogP contribution is -2.29. The quantitative estimate of drug-likeness (QED) is 0.902. The first-order valence-electron chi connectivity index (χ1n) is 8.30. The predicted octanol–water partition coefficient (Wildman–Crippen LogP) is 2.94. The molecule has 3 heteroatoms. The molecule has 0 bridgehead atoms. The molecule has 0 aromatic heterocycles. The third-order valence-electron chi connectivity index (χ3n) is 4.79. The summed E-state index contributed by atoms with van der Waals surface area (Å²) in [6.07, 6.45) is 5.11. The van der Waals surface area contributed by atoms with Crippen LogP contribution in [-0.4, -0.2) is 23.9 Å². The van der Waals surface area contributed by atoms with Crippen LogP contribution in [0.4, 0.5) is 0 Å². The molecule has 1 saturated heterocycles. The first-order valence-corrected chi connectivity index (χ1v) is 8.30. The van der Waals surface area contributed by atoms with E-state index in [9.17, 15) is 4.79 Å². The number of carbonyl (C=O) groups is 1. The minimum Gasteiger partial charge on any atom is -0.352 e. The number of hydrogen-bond donors (Lipinski definition) is 1. The van der Waals surface area contributed by atoms with Gasteiger partial charge in [-0.15, -0.1) is 0 Å². The zero-order chi connectivity index (χ0) is 14.7. The van der Waals surface area contributed by atoms with Gasteiger partial charge < -0.3 is 5.32 Å². The highest BCUT2D eigenvalue weighted by atomic mass is 16.2. The molecule has 114 valence electrons. The highest BCUT2D eigenvalue weighted by molar-refractivity contribution is 5.81. The van der Waals surface area contributed by atoms with E-state index in [0.29, 0.717) is 12.5 Å². The number of likely N-dealkylation sites (tertiary alicyclic amines) is 1. The molecule has 0 radical (unpaired) electrons. The Kier molecular flexibility index (Phi) is 4.59. The Morgan fingerprint density at radius 1 is 1.14 bits per heavy atom. The van der Waals surface area contributed by atoms with Gasteiger partial charge in [-0.25, -0.2) is 0 Å². The number of benzene rings is 1. The van der Waals surface area contributed by atoms with Crippen LogP contribution in [0.15, 0.2) is 24.3 Å². The second kappa shape index (κ2) is 6.61. The average molecular weight is 286 g/mol. The van der Waals surface area contributed by atoms with E-state index in [1.165, 1.54) is 43.5 Å². The smallest absolute Gasteiger partial charge is 0.223 e. The van der Waals surface area contributed by atoms with E-state index >= 15 is 0 Å². The Balaban J connectivity index is 1.46. The summed E-state index contributed by atoms with van der Waals surface area (Å²) in [6.45, 7) is 6.33. The van der Waals surface area contributed by atoms with Gasteiger partial charge in [0, 0.05) is 19.0 Å². The Bertz CT molecular complexity index is 476. The van der Waals surface area contributed by atoms with Gasteiger partial charge in [-0.3, -0.25) is 9.69 Å². The SMILES string of the molecule is C[C@@H]1C[C@H]1C(=O)NCc1ccc(CN2CCCCC2)cc1. The molecule has 3 nitrogen and oxygen atoms in total. The third kappa shape index (κ3) is 4.07. The number of nitrogens with one attached hydrogen (secondary N) is 1. The van der Waals surface area contributed by atoms with Crippen molar-refractivity contribution < 1.29 is 4.79 Å². The van der Waals surface area contributed by atoms with Crippen molar-refractivity contribution in [1.29, 1.82) is 0 Å². The number of amides is 1. The van der Waals surface area contributed by atoms with Crippen LogP contribution >= 0.6 is 0 Å². The van der Waals surface area contributed by atoms with E-state index < -0.39 is 0 Å². The molecule has 1 aliphatic heterocycles. The Morgan fingerprint density at radius 3 is 2.38 bits per heavy atom. The summed E-state index contributed by atoms with van der Waals surface area (Å²) in [5, 5.41) is 3.04. The van der Waals surface area contributed by atoms with E-state index in [1.54, 1.807) is 0 Å². The van der Waals surface area contributed by atoms with E-state index in [1.807, 2.05) is 0 Å². The summed E-state index contributed by atoms with van der Waals surface area (Å²) < 4.78 is 0. The van der Waals surface area contributed by atoms with Gasteiger partial charge in [0.25, 0.3) is 0 Å². The zero-order valence-electron chi connectivity index (χ0n) is 13.0. The molecule has 21 heavy (non-hydrogen) atoms. The summed E-state index contributed by atoms with van der Waals surface area (Å²) in [7, 11) is 0. The van der Waals surface area contributed by atoms with Crippen molar-refractivity contribution in [2.24, 2.45) is 11.8 Å². The number of rotatable bonds is 5. The average Bonchev–Trinajstić information content (AvgIpc) is 3.24. The fraction of sp³-hybridized carbons (Fsp3) is 0.611. The van der Waals surface area contributed by atoms with E-state index in [2.05, 4.69) is 41.4 Å². The normalized spacial score (nSPS) is 25.6. The van der Waals surface area contributed by atoms with E-state index in [0.717, 1.165) is 13.0 Å². The van der Waals surface area contributed by atoms with Crippen LogP contribution in [0, 0.1) is 11.8 Å². The summed E-state index contributed by atoms with van der Waals surface area (Å²) in [6, 6.07) is 8.71. The van der Waals surface area contributed by atoms with Crippen LogP contribution in [-0.2, 0) is 17.9 Å². The summed E-state index contributed by atoms with van der Waals surface area (Å²) >= 11 is 0. The van der Waals surface area contributed by atoms with Crippen molar-refractivity contribution >= 4 is 5.91 Å². The first-order chi connectivity index (χ1) is 10.2. The maximum atomic E-state index is 11.8. The summed E-state index contributed by atoms with van der Waals surface area (Å²) in [5.74, 6) is 1.07. The van der Waals surface area contributed by atoms with Crippen LogP contribution in [0.3, 0.4) is 0 Å². The fourth-order valence-corrected chi connectivity index (χ4v) is 3.15. The Labute approximate surface area is 127 Å². The van der Waals surface area contributed by atoms with Gasteiger partial charge in [0.15, 0.2) is 0 Å². The van der Waals surface area contributed by atoms with Gasteiger partial charge in [0.2, 0.25) is 5.91 Å². The standard InChI is InChI=1S/C18H26N2O/c1-14-11-17(14)18(21)19-12-15-5-7-16(8-6-15)13-20-9-3-2-4-10-20/h5-8,14,17H,2-4,9-13H2,1H3,(H,19,21)/t14-,17-/m1/s1. The van der Waals surface area contributed by atoms with Gasteiger partial charge in [0.05, 0.1) is 0 Å². The summed E-state index contributed by atoms with van der Waals surface area (Å²) in [5.41, 5.74) is 2.57. The van der Waals surface area contributed by atoms with Gasteiger partial charge in [-0.05, 0) is 49.4 Å². The summed E-state index contributed by atoms with van der Waals surface area (Å²) in [4.78, 5) is 14.3. The third-order valence-corrected chi connectivity index (χ3v) is 4.79. The van der Waals surface area contributed by atoms with Crippen LogP contribution < -0.4 is 5.32 Å². The van der Waals surface area contributed by atoms with E-state index in [-0.39, 0.29) is 11.8 Å².